The first kappa shape index (κ1) is 17.9. The van der Waals surface area contributed by atoms with Crippen molar-refractivity contribution >= 4 is 22.8 Å². The van der Waals surface area contributed by atoms with Gasteiger partial charge in [0.1, 0.15) is 17.6 Å². The lowest BCUT2D eigenvalue weighted by Gasteiger charge is -2.11. The topological polar surface area (TPSA) is 115 Å². The van der Waals surface area contributed by atoms with Gasteiger partial charge in [-0.1, -0.05) is 23.4 Å². The van der Waals surface area contributed by atoms with Crippen molar-refractivity contribution in [3.8, 4) is 11.3 Å². The third kappa shape index (κ3) is 2.96. The summed E-state index contributed by atoms with van der Waals surface area (Å²) in [7, 11) is 0. The zero-order chi connectivity index (χ0) is 20.7. The number of nitrogens with zero attached hydrogens (tertiary/aromatic N) is 5. The van der Waals surface area contributed by atoms with Gasteiger partial charge >= 0.3 is 0 Å². The summed E-state index contributed by atoms with van der Waals surface area (Å²) in [5.41, 5.74) is 4.73. The Morgan fingerprint density at radius 2 is 2.13 bits per heavy atom. The van der Waals surface area contributed by atoms with Crippen LogP contribution >= 0.6 is 0 Å². The molecule has 2 aromatic heterocycles. The van der Waals surface area contributed by atoms with Gasteiger partial charge in [0.15, 0.2) is 5.65 Å². The van der Waals surface area contributed by atoms with Gasteiger partial charge in [0, 0.05) is 35.8 Å². The number of benzene rings is 2. The highest BCUT2D eigenvalue weighted by molar-refractivity contribution is 5.80. The summed E-state index contributed by atoms with van der Waals surface area (Å²) in [6.45, 7) is 0. The quantitative estimate of drug-likeness (QED) is 0.292. The Morgan fingerprint density at radius 1 is 1.23 bits per heavy atom. The molecule has 1 N–H and O–H groups in total. The molecule has 0 fully saturated rings. The predicted octanol–water partition coefficient (Wildman–Crippen LogP) is 4.80. The maximum Gasteiger partial charge on any atom is 0.270 e. The van der Waals surface area contributed by atoms with Gasteiger partial charge in [0.2, 0.25) is 0 Å². The van der Waals surface area contributed by atoms with E-state index in [0.29, 0.717) is 22.7 Å². The molecule has 1 aliphatic carbocycles. The van der Waals surface area contributed by atoms with Gasteiger partial charge in [-0.05, 0) is 36.1 Å². The highest BCUT2D eigenvalue weighted by atomic mass is 16.6. The first-order chi connectivity index (χ1) is 14.6. The normalized spacial score (nSPS) is 15.1. The number of aromatic nitrogens is 3. The van der Waals surface area contributed by atoms with E-state index in [0.717, 1.165) is 29.7 Å². The maximum absolute atomic E-state index is 11.2. The molecule has 1 aliphatic rings. The second kappa shape index (κ2) is 7.03. The molecule has 9 heteroatoms. The minimum absolute atomic E-state index is 0.00133. The average Bonchev–Trinajstić information content (AvgIpc) is 3.35. The third-order valence-corrected chi connectivity index (χ3v) is 5.34. The van der Waals surface area contributed by atoms with Crippen LogP contribution in [-0.2, 0) is 6.42 Å². The molecule has 0 spiro atoms. The lowest BCUT2D eigenvalue weighted by Crippen LogP contribution is -1.98. The van der Waals surface area contributed by atoms with Crippen molar-refractivity contribution in [2.75, 3.05) is 5.32 Å². The molecule has 9 nitrogen and oxygen atoms in total. The van der Waals surface area contributed by atoms with Crippen LogP contribution in [0.5, 0.6) is 0 Å². The van der Waals surface area contributed by atoms with Crippen LogP contribution in [0.1, 0.15) is 23.6 Å². The van der Waals surface area contributed by atoms with Crippen LogP contribution in [0.4, 0.5) is 17.2 Å². The Balaban J connectivity index is 1.61. The zero-order valence-electron chi connectivity index (χ0n) is 15.7. The molecule has 2 aromatic carbocycles. The van der Waals surface area contributed by atoms with E-state index in [4.69, 9.17) is 0 Å². The molecule has 0 saturated heterocycles. The van der Waals surface area contributed by atoms with Gasteiger partial charge < -0.3 is 5.32 Å². The number of nitro groups is 1. The fourth-order valence-corrected chi connectivity index (χ4v) is 3.91. The number of nitro benzene ring substituents is 1. The van der Waals surface area contributed by atoms with E-state index in [1.807, 2.05) is 22.6 Å². The first-order valence-corrected chi connectivity index (χ1v) is 9.43. The summed E-state index contributed by atoms with van der Waals surface area (Å²) < 4.78 is 1.85. The van der Waals surface area contributed by atoms with Crippen LogP contribution in [-0.4, -0.2) is 19.3 Å². The standard InChI is InChI=1S/C21H16N6O3/c28-25-18-7-4-13-10-15(5-6-17(13)18)23-21-20(24-19-12-22-8-9-26(19)21)14-2-1-3-16(11-14)27(29)30/h1-3,5-6,8-12,18,23H,4,7H2. The second-order valence-electron chi connectivity index (χ2n) is 7.12. The number of anilines is 2. The van der Waals surface area contributed by atoms with Crippen molar-refractivity contribution in [2.24, 2.45) is 5.18 Å². The van der Waals surface area contributed by atoms with E-state index in [1.165, 1.54) is 12.1 Å². The average molecular weight is 400 g/mol. The molecular formula is C21H16N6O3. The van der Waals surface area contributed by atoms with E-state index in [-0.39, 0.29) is 11.7 Å². The molecule has 4 aromatic rings. The minimum Gasteiger partial charge on any atom is -0.339 e. The van der Waals surface area contributed by atoms with Gasteiger partial charge in [0.05, 0.1) is 11.1 Å². The van der Waals surface area contributed by atoms with Crippen LogP contribution in [0.25, 0.3) is 16.9 Å². The van der Waals surface area contributed by atoms with Crippen molar-refractivity contribution < 1.29 is 4.92 Å². The summed E-state index contributed by atoms with van der Waals surface area (Å²) >= 11 is 0. The summed E-state index contributed by atoms with van der Waals surface area (Å²) in [6.07, 6.45) is 6.60. The molecule has 30 heavy (non-hydrogen) atoms. The number of fused-ring (bicyclic) bond motifs is 2. The zero-order valence-corrected chi connectivity index (χ0v) is 15.7. The molecule has 0 saturated carbocycles. The SMILES string of the molecule is O=NC1CCc2cc(Nc3c(-c4cccc([N+](=O)[O-])c4)nc4cnccn34)ccc21. The van der Waals surface area contributed by atoms with Crippen molar-refractivity contribution in [2.45, 2.75) is 18.9 Å². The molecule has 0 amide bonds. The molecule has 2 heterocycles. The van der Waals surface area contributed by atoms with Crippen molar-refractivity contribution in [1.29, 1.82) is 0 Å². The number of nitrogens with one attached hydrogen (secondary N) is 1. The molecule has 1 unspecified atom stereocenters. The van der Waals surface area contributed by atoms with Crippen molar-refractivity contribution in [3.63, 3.8) is 0 Å². The van der Waals surface area contributed by atoms with Gasteiger partial charge in [-0.3, -0.25) is 19.5 Å². The van der Waals surface area contributed by atoms with Crippen molar-refractivity contribution in [1.82, 2.24) is 14.4 Å². The predicted molar refractivity (Wildman–Crippen MR) is 112 cm³/mol. The Kier molecular flexibility index (Phi) is 4.20. The van der Waals surface area contributed by atoms with Gasteiger partial charge in [0.25, 0.3) is 5.69 Å². The number of rotatable bonds is 5. The molecule has 0 radical (unpaired) electrons. The van der Waals surface area contributed by atoms with Crippen LogP contribution in [0.15, 0.2) is 66.2 Å². The maximum atomic E-state index is 11.2. The molecule has 0 bridgehead atoms. The third-order valence-electron chi connectivity index (χ3n) is 5.34. The lowest BCUT2D eigenvalue weighted by atomic mass is 10.1. The van der Waals surface area contributed by atoms with Crippen LogP contribution in [0.2, 0.25) is 0 Å². The van der Waals surface area contributed by atoms with Crippen molar-refractivity contribution in [3.05, 3.63) is 87.2 Å². The number of imidazole rings is 1. The van der Waals surface area contributed by atoms with Crippen LogP contribution in [0, 0.1) is 15.0 Å². The second-order valence-corrected chi connectivity index (χ2v) is 7.12. The fraction of sp³-hybridized carbons (Fsp3) is 0.143. The summed E-state index contributed by atoms with van der Waals surface area (Å²) in [4.78, 5) is 30.6. The van der Waals surface area contributed by atoms with Gasteiger partial charge in [-0.2, -0.15) is 4.91 Å². The summed E-state index contributed by atoms with van der Waals surface area (Å²) in [6, 6.07) is 11.9. The van der Waals surface area contributed by atoms with E-state index in [2.05, 4.69) is 20.5 Å². The van der Waals surface area contributed by atoms with E-state index >= 15 is 0 Å². The lowest BCUT2D eigenvalue weighted by molar-refractivity contribution is -0.384. The Morgan fingerprint density at radius 3 is 2.97 bits per heavy atom. The van der Waals surface area contributed by atoms with Crippen LogP contribution in [0.3, 0.4) is 0 Å². The Labute approximate surface area is 170 Å². The Hall–Kier alpha value is -4.14. The number of hydrogen-bond acceptors (Lipinski definition) is 7. The summed E-state index contributed by atoms with van der Waals surface area (Å²) in [5, 5.41) is 17.8. The number of aryl methyl sites for hydroxylation is 1. The first-order valence-electron chi connectivity index (χ1n) is 9.43. The number of non-ortho nitro benzene ring substituents is 1. The number of hydrogen-bond donors (Lipinski definition) is 1. The smallest absolute Gasteiger partial charge is 0.270 e. The minimum atomic E-state index is -0.425. The van der Waals surface area contributed by atoms with Crippen LogP contribution < -0.4 is 5.32 Å². The van der Waals surface area contributed by atoms with E-state index in [1.54, 1.807) is 30.7 Å². The van der Waals surface area contributed by atoms with E-state index in [9.17, 15) is 15.0 Å². The number of nitroso groups, excluding NO2 is 1. The Bertz CT molecular complexity index is 1300. The van der Waals surface area contributed by atoms with Gasteiger partial charge in [-0.25, -0.2) is 4.98 Å². The fourth-order valence-electron chi connectivity index (χ4n) is 3.91. The molecule has 1 atom stereocenters. The summed E-state index contributed by atoms with van der Waals surface area (Å²) in [5.74, 6) is 0.677. The molecule has 0 aliphatic heterocycles. The highest BCUT2D eigenvalue weighted by Crippen LogP contribution is 2.37. The largest absolute Gasteiger partial charge is 0.339 e. The molecule has 5 rings (SSSR count). The highest BCUT2D eigenvalue weighted by Gasteiger charge is 2.24. The molecule has 148 valence electrons. The van der Waals surface area contributed by atoms with E-state index < -0.39 is 4.92 Å². The monoisotopic (exact) mass is 400 g/mol. The molecular weight excluding hydrogens is 384 g/mol. The van der Waals surface area contributed by atoms with Gasteiger partial charge in [-0.15, -0.1) is 0 Å².